The first-order valence-electron chi connectivity index (χ1n) is 9.31. The van der Waals surface area contributed by atoms with Gasteiger partial charge in [-0.1, -0.05) is 41.9 Å². The molecule has 0 fully saturated rings. The van der Waals surface area contributed by atoms with Crippen LogP contribution in [0.5, 0.6) is 0 Å². The van der Waals surface area contributed by atoms with Gasteiger partial charge in [0.1, 0.15) is 0 Å². The molecule has 136 valence electrons. The Kier molecular flexibility index (Phi) is 5.21. The molecule has 0 saturated carbocycles. The number of anilines is 1. The van der Waals surface area contributed by atoms with Crippen LogP contribution in [-0.4, -0.2) is 5.78 Å². The summed E-state index contributed by atoms with van der Waals surface area (Å²) >= 11 is 5.90. The zero-order valence-electron chi connectivity index (χ0n) is 15.1. The van der Waals surface area contributed by atoms with Crippen LogP contribution in [0.2, 0.25) is 5.02 Å². The minimum Gasteiger partial charge on any atom is -0.378 e. The van der Waals surface area contributed by atoms with Crippen molar-refractivity contribution in [2.45, 2.75) is 31.8 Å². The quantitative estimate of drug-likeness (QED) is 0.512. The predicted molar refractivity (Wildman–Crippen MR) is 108 cm³/mol. The Morgan fingerprint density at radius 2 is 1.85 bits per heavy atom. The van der Waals surface area contributed by atoms with Gasteiger partial charge in [0, 0.05) is 27.9 Å². The summed E-state index contributed by atoms with van der Waals surface area (Å²) in [6.45, 7) is 0.330. The number of carbonyl (C=O) groups is 1. The lowest BCUT2D eigenvalue weighted by molar-refractivity contribution is -0.683. The van der Waals surface area contributed by atoms with Crippen LogP contribution in [-0.2, 0) is 13.0 Å². The fourth-order valence-electron chi connectivity index (χ4n) is 3.61. The van der Waals surface area contributed by atoms with E-state index in [0.29, 0.717) is 23.2 Å². The number of aryl methyl sites for hydroxylation is 1. The standard InChI is InChI=1S/C23H21ClN2O/c24-20-11-9-18(10-12-20)23(27)16-26-14-13-22-19(15-26)7-4-8-21(25-22)17-5-2-1-3-6-17/h1-3,5-6,9-15,21H,4,7-8,16H2/p+1. The number of Topliss-reactive ketones (excluding diaryl/α,β-unsaturated/α-hetero) is 1. The van der Waals surface area contributed by atoms with E-state index in [2.05, 4.69) is 47.9 Å². The second kappa shape index (κ2) is 7.93. The number of aromatic nitrogens is 1. The Morgan fingerprint density at radius 1 is 1.07 bits per heavy atom. The van der Waals surface area contributed by atoms with Crippen LogP contribution in [0.3, 0.4) is 0 Å². The number of nitrogens with zero attached hydrogens (tertiary/aromatic N) is 1. The van der Waals surface area contributed by atoms with Crippen LogP contribution in [0, 0.1) is 0 Å². The average Bonchev–Trinajstić information content (AvgIpc) is 2.91. The van der Waals surface area contributed by atoms with Gasteiger partial charge in [0.25, 0.3) is 0 Å². The molecule has 1 N–H and O–H groups in total. The molecule has 1 aliphatic heterocycles. The van der Waals surface area contributed by atoms with Crippen molar-refractivity contribution in [2.75, 3.05) is 5.32 Å². The van der Waals surface area contributed by atoms with Crippen molar-refractivity contribution < 1.29 is 9.36 Å². The highest BCUT2D eigenvalue weighted by molar-refractivity contribution is 6.30. The summed E-state index contributed by atoms with van der Waals surface area (Å²) in [7, 11) is 0. The number of hydrogen-bond acceptors (Lipinski definition) is 2. The number of halogens is 1. The van der Waals surface area contributed by atoms with E-state index in [9.17, 15) is 4.79 Å². The van der Waals surface area contributed by atoms with Crippen molar-refractivity contribution in [1.82, 2.24) is 0 Å². The van der Waals surface area contributed by atoms with Crippen LogP contribution in [0.1, 0.15) is 40.4 Å². The molecule has 0 saturated heterocycles. The van der Waals surface area contributed by atoms with Gasteiger partial charge in [-0.2, -0.15) is 4.57 Å². The van der Waals surface area contributed by atoms with E-state index in [1.54, 1.807) is 24.3 Å². The highest BCUT2D eigenvalue weighted by Gasteiger charge is 2.20. The molecular formula is C23H22ClN2O+. The maximum atomic E-state index is 12.5. The van der Waals surface area contributed by atoms with Gasteiger partial charge in [-0.15, -0.1) is 0 Å². The topological polar surface area (TPSA) is 33.0 Å². The molecule has 0 aliphatic carbocycles. The Morgan fingerprint density at radius 3 is 2.63 bits per heavy atom. The SMILES string of the molecule is O=C(C[n+]1ccc2c(c1)CCCC(c1ccccc1)N2)c1ccc(Cl)cc1. The third-order valence-corrected chi connectivity index (χ3v) is 5.32. The maximum absolute atomic E-state index is 12.5. The summed E-state index contributed by atoms with van der Waals surface area (Å²) in [6.07, 6.45) is 7.31. The molecule has 0 spiro atoms. The lowest BCUT2D eigenvalue weighted by atomic mass is 10.0. The molecule has 2 heterocycles. The van der Waals surface area contributed by atoms with Gasteiger partial charge >= 0.3 is 0 Å². The van der Waals surface area contributed by atoms with Crippen LogP contribution >= 0.6 is 11.6 Å². The summed E-state index contributed by atoms with van der Waals surface area (Å²) in [5.74, 6) is 0.0837. The minimum absolute atomic E-state index is 0.0837. The Labute approximate surface area is 164 Å². The summed E-state index contributed by atoms with van der Waals surface area (Å²) in [6, 6.07) is 20.1. The lowest BCUT2D eigenvalue weighted by Gasteiger charge is -2.18. The number of rotatable bonds is 4. The molecule has 2 aromatic carbocycles. The van der Waals surface area contributed by atoms with Gasteiger partial charge in [0.05, 0.1) is 6.04 Å². The second-order valence-corrected chi connectivity index (χ2v) is 7.42. The first-order chi connectivity index (χ1) is 13.2. The van der Waals surface area contributed by atoms with Crippen LogP contribution < -0.4 is 9.88 Å². The smallest absolute Gasteiger partial charge is 0.227 e. The molecule has 0 radical (unpaired) electrons. The van der Waals surface area contributed by atoms with Crippen LogP contribution in [0.25, 0.3) is 0 Å². The van der Waals surface area contributed by atoms with E-state index in [0.717, 1.165) is 24.9 Å². The molecule has 0 bridgehead atoms. The molecule has 1 atom stereocenters. The van der Waals surface area contributed by atoms with Crippen molar-refractivity contribution >= 4 is 23.1 Å². The Bertz CT molecular complexity index is 938. The number of ketones is 1. The fraction of sp³-hybridized carbons (Fsp3) is 0.217. The van der Waals surface area contributed by atoms with Crippen molar-refractivity contribution in [3.05, 3.63) is 94.8 Å². The van der Waals surface area contributed by atoms with E-state index < -0.39 is 0 Å². The van der Waals surface area contributed by atoms with Crippen molar-refractivity contribution in [2.24, 2.45) is 0 Å². The monoisotopic (exact) mass is 377 g/mol. The Hall–Kier alpha value is -2.65. The molecule has 27 heavy (non-hydrogen) atoms. The van der Waals surface area contributed by atoms with Gasteiger partial charge in [-0.3, -0.25) is 4.79 Å². The Balaban J connectivity index is 1.51. The van der Waals surface area contributed by atoms with Gasteiger partial charge in [-0.25, -0.2) is 0 Å². The first kappa shape index (κ1) is 17.7. The van der Waals surface area contributed by atoms with Gasteiger partial charge in [0.2, 0.25) is 12.3 Å². The first-order valence-corrected chi connectivity index (χ1v) is 9.69. The van der Waals surface area contributed by atoms with Gasteiger partial charge < -0.3 is 5.32 Å². The number of nitrogens with one attached hydrogen (secondary N) is 1. The molecule has 4 rings (SSSR count). The summed E-state index contributed by atoms with van der Waals surface area (Å²) in [5.41, 5.74) is 4.43. The van der Waals surface area contributed by atoms with E-state index >= 15 is 0 Å². The zero-order chi connectivity index (χ0) is 18.6. The third-order valence-electron chi connectivity index (χ3n) is 5.06. The van der Waals surface area contributed by atoms with E-state index in [4.69, 9.17) is 11.6 Å². The summed E-state index contributed by atoms with van der Waals surface area (Å²) in [4.78, 5) is 12.5. The number of benzene rings is 2. The molecule has 0 amide bonds. The highest BCUT2D eigenvalue weighted by Crippen LogP contribution is 2.30. The van der Waals surface area contributed by atoms with Crippen molar-refractivity contribution in [3.8, 4) is 0 Å². The average molecular weight is 378 g/mol. The highest BCUT2D eigenvalue weighted by atomic mass is 35.5. The molecular weight excluding hydrogens is 356 g/mol. The van der Waals surface area contributed by atoms with E-state index in [1.165, 1.54) is 11.1 Å². The van der Waals surface area contributed by atoms with Crippen LogP contribution in [0.15, 0.2) is 73.1 Å². The molecule has 1 aromatic heterocycles. The maximum Gasteiger partial charge on any atom is 0.227 e. The van der Waals surface area contributed by atoms with Crippen LogP contribution in [0.4, 0.5) is 5.69 Å². The molecule has 3 aromatic rings. The lowest BCUT2D eigenvalue weighted by Crippen LogP contribution is -2.38. The number of carbonyl (C=O) groups excluding carboxylic acids is 1. The molecule has 3 nitrogen and oxygen atoms in total. The van der Waals surface area contributed by atoms with Crippen molar-refractivity contribution in [3.63, 3.8) is 0 Å². The largest absolute Gasteiger partial charge is 0.378 e. The summed E-state index contributed by atoms with van der Waals surface area (Å²) < 4.78 is 1.97. The van der Waals surface area contributed by atoms with Crippen molar-refractivity contribution in [1.29, 1.82) is 0 Å². The number of hydrogen-bond donors (Lipinski definition) is 1. The zero-order valence-corrected chi connectivity index (χ0v) is 15.8. The fourth-order valence-corrected chi connectivity index (χ4v) is 3.74. The second-order valence-electron chi connectivity index (χ2n) is 6.99. The number of pyridine rings is 1. The predicted octanol–water partition coefficient (Wildman–Crippen LogP) is 5.00. The molecule has 4 heteroatoms. The minimum atomic E-state index is 0.0837. The molecule has 1 unspecified atom stereocenters. The third kappa shape index (κ3) is 4.20. The molecule has 1 aliphatic rings. The normalized spacial score (nSPS) is 16.1. The number of fused-ring (bicyclic) bond motifs is 1. The van der Waals surface area contributed by atoms with E-state index in [-0.39, 0.29) is 5.78 Å². The summed E-state index contributed by atoms with van der Waals surface area (Å²) in [5, 5.41) is 4.32. The van der Waals surface area contributed by atoms with Gasteiger partial charge in [0.15, 0.2) is 12.4 Å². The van der Waals surface area contributed by atoms with E-state index in [1.807, 2.05) is 10.8 Å². The van der Waals surface area contributed by atoms with Gasteiger partial charge in [-0.05, 0) is 49.1 Å².